The number of alkyl halides is 1. The van der Waals surface area contributed by atoms with Gasteiger partial charge in [-0.3, -0.25) is 0 Å². The van der Waals surface area contributed by atoms with Crippen LogP contribution in [0.4, 0.5) is 4.79 Å². The standard InChI is InChI=1S/C9H8Cl2O3/c10-8(6-13-9(11)12)14-7-4-2-1-3-5-7/h1-5,8H,6H2. The number of rotatable bonds is 4. The third-order valence-electron chi connectivity index (χ3n) is 1.34. The Morgan fingerprint density at radius 3 is 2.57 bits per heavy atom. The second kappa shape index (κ2) is 5.73. The minimum absolute atomic E-state index is 0.0845. The Morgan fingerprint density at radius 2 is 2.00 bits per heavy atom. The van der Waals surface area contributed by atoms with Crippen LogP contribution in [0.3, 0.4) is 0 Å². The van der Waals surface area contributed by atoms with Gasteiger partial charge in [-0.05, 0) is 12.1 Å². The first kappa shape index (κ1) is 11.1. The molecule has 0 spiro atoms. The fourth-order valence-electron chi connectivity index (χ4n) is 0.812. The molecule has 0 heterocycles. The summed E-state index contributed by atoms with van der Waals surface area (Å²) in [5.41, 5.74) is -1.63. The van der Waals surface area contributed by atoms with Crippen molar-refractivity contribution in [2.24, 2.45) is 0 Å². The lowest BCUT2D eigenvalue weighted by molar-refractivity contribution is 0.133. The Morgan fingerprint density at radius 1 is 1.36 bits per heavy atom. The monoisotopic (exact) mass is 234 g/mol. The fourth-order valence-corrected chi connectivity index (χ4v) is 1.04. The molecule has 0 saturated heterocycles. The van der Waals surface area contributed by atoms with Crippen molar-refractivity contribution in [1.82, 2.24) is 0 Å². The van der Waals surface area contributed by atoms with E-state index in [0.29, 0.717) is 5.75 Å². The van der Waals surface area contributed by atoms with Crippen molar-refractivity contribution in [3.05, 3.63) is 30.3 Å². The molecule has 76 valence electrons. The molecule has 0 aromatic heterocycles. The lowest BCUT2D eigenvalue weighted by Crippen LogP contribution is -2.17. The SMILES string of the molecule is O=C(Cl)OCC(Cl)Oc1ccccc1. The Bertz CT molecular complexity index is 289. The van der Waals surface area contributed by atoms with Gasteiger partial charge in [0.1, 0.15) is 12.4 Å². The molecule has 1 atom stereocenters. The molecule has 3 nitrogen and oxygen atoms in total. The van der Waals surface area contributed by atoms with Gasteiger partial charge in [0.15, 0.2) is 0 Å². The number of carbonyl (C=O) groups excluding carboxylic acids is 1. The van der Waals surface area contributed by atoms with Crippen LogP contribution in [0.1, 0.15) is 0 Å². The highest BCUT2D eigenvalue weighted by Crippen LogP contribution is 2.12. The first-order valence-corrected chi connectivity index (χ1v) is 4.68. The van der Waals surface area contributed by atoms with Gasteiger partial charge in [0, 0.05) is 11.6 Å². The molecule has 0 amide bonds. The van der Waals surface area contributed by atoms with Crippen LogP contribution < -0.4 is 4.74 Å². The van der Waals surface area contributed by atoms with Crippen molar-refractivity contribution < 1.29 is 14.3 Å². The van der Waals surface area contributed by atoms with E-state index in [2.05, 4.69) is 4.74 Å². The Balaban J connectivity index is 2.34. The molecule has 1 unspecified atom stereocenters. The van der Waals surface area contributed by atoms with Crippen LogP contribution in [0.5, 0.6) is 5.75 Å². The molecular weight excluding hydrogens is 227 g/mol. The molecule has 1 aromatic carbocycles. The van der Waals surface area contributed by atoms with E-state index in [1.165, 1.54) is 0 Å². The summed E-state index contributed by atoms with van der Waals surface area (Å²) in [7, 11) is 0. The molecule has 0 saturated carbocycles. The molecule has 5 heteroatoms. The number of para-hydroxylation sites is 1. The quantitative estimate of drug-likeness (QED) is 0.594. The van der Waals surface area contributed by atoms with Gasteiger partial charge < -0.3 is 9.47 Å². The van der Waals surface area contributed by atoms with E-state index in [0.717, 1.165) is 0 Å². The van der Waals surface area contributed by atoms with Gasteiger partial charge in [-0.15, -0.1) is 0 Å². The maximum absolute atomic E-state index is 10.2. The predicted molar refractivity (Wildman–Crippen MR) is 53.9 cm³/mol. The molecule has 0 aliphatic rings. The van der Waals surface area contributed by atoms with Crippen LogP contribution in [0.2, 0.25) is 0 Å². The van der Waals surface area contributed by atoms with Gasteiger partial charge in [0.25, 0.3) is 0 Å². The minimum Gasteiger partial charge on any atom is -0.471 e. The highest BCUT2D eigenvalue weighted by Gasteiger charge is 2.08. The maximum atomic E-state index is 10.2. The van der Waals surface area contributed by atoms with Crippen molar-refractivity contribution in [1.29, 1.82) is 0 Å². The predicted octanol–water partition coefficient (Wildman–Crippen LogP) is 3.01. The Kier molecular flexibility index (Phi) is 4.56. The topological polar surface area (TPSA) is 35.5 Å². The molecule has 14 heavy (non-hydrogen) atoms. The van der Waals surface area contributed by atoms with Gasteiger partial charge in [-0.2, -0.15) is 0 Å². The second-order valence-corrected chi connectivity index (χ2v) is 3.18. The summed E-state index contributed by atoms with van der Waals surface area (Å²) in [5, 5.41) is 0. The zero-order chi connectivity index (χ0) is 10.4. The van der Waals surface area contributed by atoms with E-state index in [4.69, 9.17) is 27.9 Å². The van der Waals surface area contributed by atoms with E-state index in [9.17, 15) is 4.79 Å². The molecule has 1 aromatic rings. The van der Waals surface area contributed by atoms with Crippen molar-refractivity contribution in [2.45, 2.75) is 5.56 Å². The lowest BCUT2D eigenvalue weighted by atomic mass is 10.3. The third-order valence-corrected chi connectivity index (χ3v) is 1.66. The van der Waals surface area contributed by atoms with E-state index in [-0.39, 0.29) is 6.61 Å². The fraction of sp³-hybridized carbons (Fsp3) is 0.222. The maximum Gasteiger partial charge on any atom is 0.403 e. The molecule has 0 aliphatic heterocycles. The summed E-state index contributed by atoms with van der Waals surface area (Å²) in [6.45, 7) is -0.0845. The normalized spacial score (nSPS) is 11.9. The number of hydrogen-bond acceptors (Lipinski definition) is 3. The van der Waals surface area contributed by atoms with Crippen molar-refractivity contribution in [3.63, 3.8) is 0 Å². The number of benzene rings is 1. The molecule has 0 N–H and O–H groups in total. The summed E-state index contributed by atoms with van der Waals surface area (Å²) in [5.74, 6) is 0.609. The largest absolute Gasteiger partial charge is 0.471 e. The van der Waals surface area contributed by atoms with Crippen molar-refractivity contribution >= 4 is 28.6 Å². The molecule has 1 rings (SSSR count). The lowest BCUT2D eigenvalue weighted by Gasteiger charge is -2.11. The number of ether oxygens (including phenoxy) is 2. The van der Waals surface area contributed by atoms with Crippen molar-refractivity contribution in [2.75, 3.05) is 6.61 Å². The van der Waals surface area contributed by atoms with E-state index < -0.39 is 11.0 Å². The van der Waals surface area contributed by atoms with Gasteiger partial charge in [0.05, 0.1) is 0 Å². The summed E-state index contributed by atoms with van der Waals surface area (Å²) in [6, 6.07) is 8.98. The van der Waals surface area contributed by atoms with Crippen molar-refractivity contribution in [3.8, 4) is 5.75 Å². The van der Waals surface area contributed by atoms with Crippen LogP contribution in [-0.4, -0.2) is 17.6 Å². The van der Waals surface area contributed by atoms with E-state index in [1.54, 1.807) is 12.1 Å². The second-order valence-electron chi connectivity index (χ2n) is 2.39. The Hall–Kier alpha value is -0.930. The number of halogens is 2. The van der Waals surface area contributed by atoms with E-state index >= 15 is 0 Å². The summed E-state index contributed by atoms with van der Waals surface area (Å²) in [4.78, 5) is 10.2. The number of carbonyl (C=O) groups is 1. The third kappa shape index (κ3) is 4.35. The van der Waals surface area contributed by atoms with Gasteiger partial charge in [0.2, 0.25) is 5.56 Å². The zero-order valence-corrected chi connectivity index (χ0v) is 8.66. The van der Waals surface area contributed by atoms with Crippen LogP contribution in [0.15, 0.2) is 30.3 Å². The molecule has 0 fully saturated rings. The van der Waals surface area contributed by atoms with Gasteiger partial charge in [-0.25, -0.2) is 4.79 Å². The molecule has 0 aliphatic carbocycles. The van der Waals surface area contributed by atoms with E-state index in [1.807, 2.05) is 18.2 Å². The highest BCUT2D eigenvalue weighted by atomic mass is 35.5. The molecule has 0 bridgehead atoms. The minimum atomic E-state index is -0.896. The van der Waals surface area contributed by atoms with Crippen LogP contribution in [0, 0.1) is 0 Å². The van der Waals surface area contributed by atoms with Gasteiger partial charge >= 0.3 is 5.43 Å². The average Bonchev–Trinajstić information content (AvgIpc) is 2.16. The smallest absolute Gasteiger partial charge is 0.403 e. The van der Waals surface area contributed by atoms with Crippen LogP contribution in [0.25, 0.3) is 0 Å². The molecular formula is C9H8Cl2O3. The van der Waals surface area contributed by atoms with Crippen LogP contribution in [-0.2, 0) is 4.74 Å². The van der Waals surface area contributed by atoms with Gasteiger partial charge in [-0.1, -0.05) is 29.8 Å². The summed E-state index contributed by atoms with van der Waals surface area (Å²) >= 11 is 10.7. The first-order valence-electron chi connectivity index (χ1n) is 3.86. The number of hydrogen-bond donors (Lipinski definition) is 0. The highest BCUT2D eigenvalue weighted by molar-refractivity contribution is 6.61. The zero-order valence-electron chi connectivity index (χ0n) is 7.15. The molecule has 0 radical (unpaired) electrons. The summed E-state index contributed by atoms with van der Waals surface area (Å²) < 4.78 is 9.64. The summed E-state index contributed by atoms with van der Waals surface area (Å²) in [6.07, 6.45) is 0. The first-order chi connectivity index (χ1) is 6.68. The average molecular weight is 235 g/mol. The Labute approximate surface area is 91.5 Å². The van der Waals surface area contributed by atoms with Crippen LogP contribution >= 0.6 is 23.2 Å².